The number of nitrogens with one attached hydrogen (secondary N) is 1. The van der Waals surface area contributed by atoms with Gasteiger partial charge in [0.2, 0.25) is 0 Å². The molecular formula is C18H19NO4. The summed E-state index contributed by atoms with van der Waals surface area (Å²) < 4.78 is 4.77. The number of para-hydroxylation sites is 1. The Morgan fingerprint density at radius 1 is 1.09 bits per heavy atom. The molecule has 0 aliphatic carbocycles. The van der Waals surface area contributed by atoms with E-state index in [-0.39, 0.29) is 17.1 Å². The van der Waals surface area contributed by atoms with Crippen molar-refractivity contribution in [2.24, 2.45) is 0 Å². The van der Waals surface area contributed by atoms with Crippen LogP contribution in [-0.4, -0.2) is 30.1 Å². The molecule has 0 saturated carbocycles. The SMILES string of the molecule is CCOC(=O)NCCc1ccc(C(=O)c2ccccc2O)cc1. The molecule has 0 aliphatic rings. The van der Waals surface area contributed by atoms with Crippen LogP contribution in [0.15, 0.2) is 48.5 Å². The average molecular weight is 313 g/mol. The number of aromatic hydroxyl groups is 1. The third kappa shape index (κ3) is 4.57. The Bertz CT molecular complexity index is 680. The van der Waals surface area contributed by atoms with Crippen molar-refractivity contribution in [1.82, 2.24) is 5.32 Å². The first-order valence-corrected chi connectivity index (χ1v) is 7.44. The number of alkyl carbamates (subject to hydrolysis) is 1. The smallest absolute Gasteiger partial charge is 0.407 e. The maximum absolute atomic E-state index is 12.3. The Morgan fingerprint density at radius 2 is 1.78 bits per heavy atom. The summed E-state index contributed by atoms with van der Waals surface area (Å²) in [5, 5.41) is 12.4. The minimum absolute atomic E-state index is 0.0276. The number of phenols is 1. The number of hydrogen-bond donors (Lipinski definition) is 2. The molecule has 0 atom stereocenters. The molecule has 0 aromatic heterocycles. The van der Waals surface area contributed by atoms with Crippen molar-refractivity contribution in [2.45, 2.75) is 13.3 Å². The predicted molar refractivity (Wildman–Crippen MR) is 86.7 cm³/mol. The van der Waals surface area contributed by atoms with E-state index in [1.54, 1.807) is 37.3 Å². The van der Waals surface area contributed by atoms with E-state index in [4.69, 9.17) is 4.74 Å². The zero-order valence-corrected chi connectivity index (χ0v) is 12.9. The highest BCUT2D eigenvalue weighted by Crippen LogP contribution is 2.20. The van der Waals surface area contributed by atoms with E-state index >= 15 is 0 Å². The van der Waals surface area contributed by atoms with Crippen molar-refractivity contribution in [2.75, 3.05) is 13.2 Å². The summed E-state index contributed by atoms with van der Waals surface area (Å²) in [6.45, 7) is 2.56. The molecule has 5 nitrogen and oxygen atoms in total. The second-order valence-corrected chi connectivity index (χ2v) is 4.94. The van der Waals surface area contributed by atoms with Crippen LogP contribution in [0.2, 0.25) is 0 Å². The second-order valence-electron chi connectivity index (χ2n) is 4.94. The molecule has 0 saturated heterocycles. The second kappa shape index (κ2) is 7.98. The normalized spacial score (nSPS) is 10.1. The summed E-state index contributed by atoms with van der Waals surface area (Å²) in [5.74, 6) is -0.250. The van der Waals surface area contributed by atoms with Crippen LogP contribution in [-0.2, 0) is 11.2 Å². The first-order chi connectivity index (χ1) is 11.1. The van der Waals surface area contributed by atoms with E-state index in [1.165, 1.54) is 6.07 Å². The van der Waals surface area contributed by atoms with Gasteiger partial charge in [-0.15, -0.1) is 0 Å². The van der Waals surface area contributed by atoms with Gasteiger partial charge in [-0.25, -0.2) is 4.79 Å². The fourth-order valence-electron chi connectivity index (χ4n) is 2.13. The summed E-state index contributed by atoms with van der Waals surface area (Å²) >= 11 is 0. The number of benzene rings is 2. The molecular weight excluding hydrogens is 294 g/mol. The number of amides is 1. The van der Waals surface area contributed by atoms with Crippen LogP contribution in [0.1, 0.15) is 28.4 Å². The highest BCUT2D eigenvalue weighted by atomic mass is 16.5. The van der Waals surface area contributed by atoms with Crippen LogP contribution in [0.25, 0.3) is 0 Å². The van der Waals surface area contributed by atoms with Gasteiger partial charge in [0, 0.05) is 12.1 Å². The summed E-state index contributed by atoms with van der Waals surface area (Å²) in [4.78, 5) is 23.5. The standard InChI is InChI=1S/C18H19NO4/c1-2-23-18(22)19-12-11-13-7-9-14(10-8-13)17(21)15-5-3-4-6-16(15)20/h3-10,20H,2,11-12H2,1H3,(H,19,22). The van der Waals surface area contributed by atoms with Gasteiger partial charge < -0.3 is 15.2 Å². The Labute approximate surface area is 134 Å². The van der Waals surface area contributed by atoms with Crippen molar-refractivity contribution >= 4 is 11.9 Å². The molecule has 1 amide bonds. The minimum atomic E-state index is -0.432. The fourth-order valence-corrected chi connectivity index (χ4v) is 2.13. The zero-order chi connectivity index (χ0) is 16.7. The van der Waals surface area contributed by atoms with Crippen LogP contribution in [0.3, 0.4) is 0 Å². The van der Waals surface area contributed by atoms with E-state index in [2.05, 4.69) is 5.32 Å². The Morgan fingerprint density at radius 3 is 2.43 bits per heavy atom. The van der Waals surface area contributed by atoms with Crippen LogP contribution in [0.5, 0.6) is 5.75 Å². The number of hydrogen-bond acceptors (Lipinski definition) is 4. The summed E-state index contributed by atoms with van der Waals surface area (Å²) in [6.07, 6.45) is 0.211. The molecule has 2 aromatic rings. The zero-order valence-electron chi connectivity index (χ0n) is 12.9. The van der Waals surface area contributed by atoms with Crippen molar-refractivity contribution in [3.05, 3.63) is 65.2 Å². The van der Waals surface area contributed by atoms with Gasteiger partial charge in [-0.3, -0.25) is 4.79 Å². The van der Waals surface area contributed by atoms with Gasteiger partial charge in [0.25, 0.3) is 0 Å². The maximum Gasteiger partial charge on any atom is 0.407 e. The Hall–Kier alpha value is -2.82. The molecule has 0 bridgehead atoms. The highest BCUT2D eigenvalue weighted by Gasteiger charge is 2.12. The fraction of sp³-hybridized carbons (Fsp3) is 0.222. The molecule has 23 heavy (non-hydrogen) atoms. The van der Waals surface area contributed by atoms with Crippen molar-refractivity contribution in [3.63, 3.8) is 0 Å². The number of carbonyl (C=O) groups excluding carboxylic acids is 2. The van der Waals surface area contributed by atoms with Crippen molar-refractivity contribution in [3.8, 4) is 5.75 Å². The molecule has 0 fully saturated rings. The number of carbonyl (C=O) groups is 2. The van der Waals surface area contributed by atoms with E-state index in [9.17, 15) is 14.7 Å². The van der Waals surface area contributed by atoms with Gasteiger partial charge in [0.15, 0.2) is 5.78 Å². The number of rotatable bonds is 6. The largest absolute Gasteiger partial charge is 0.507 e. The van der Waals surface area contributed by atoms with Crippen LogP contribution < -0.4 is 5.32 Å². The monoisotopic (exact) mass is 313 g/mol. The molecule has 2 N–H and O–H groups in total. The molecule has 2 aromatic carbocycles. The molecule has 2 rings (SSSR count). The topological polar surface area (TPSA) is 75.6 Å². The quantitative estimate of drug-likeness (QED) is 0.804. The minimum Gasteiger partial charge on any atom is -0.507 e. The molecule has 5 heteroatoms. The molecule has 120 valence electrons. The van der Waals surface area contributed by atoms with E-state index in [0.29, 0.717) is 25.1 Å². The molecule has 0 aliphatic heterocycles. The first-order valence-electron chi connectivity index (χ1n) is 7.44. The van der Waals surface area contributed by atoms with E-state index in [0.717, 1.165) is 5.56 Å². The lowest BCUT2D eigenvalue weighted by molar-refractivity contribution is 0.103. The molecule has 0 spiro atoms. The third-order valence-electron chi connectivity index (χ3n) is 3.32. The predicted octanol–water partition coefficient (Wildman–Crippen LogP) is 2.91. The highest BCUT2D eigenvalue weighted by molar-refractivity contribution is 6.10. The third-order valence-corrected chi connectivity index (χ3v) is 3.32. The molecule has 0 unspecified atom stereocenters. The van der Waals surface area contributed by atoms with Gasteiger partial charge in [-0.2, -0.15) is 0 Å². The lowest BCUT2D eigenvalue weighted by Gasteiger charge is -2.07. The summed E-state index contributed by atoms with van der Waals surface area (Å²) in [7, 11) is 0. The maximum atomic E-state index is 12.3. The van der Waals surface area contributed by atoms with Gasteiger partial charge in [-0.05, 0) is 31.0 Å². The first kappa shape index (κ1) is 16.5. The summed E-state index contributed by atoms with van der Waals surface area (Å²) in [5.41, 5.74) is 1.79. The summed E-state index contributed by atoms with van der Waals surface area (Å²) in [6, 6.07) is 13.6. The van der Waals surface area contributed by atoms with Crippen LogP contribution >= 0.6 is 0 Å². The average Bonchev–Trinajstić information content (AvgIpc) is 2.55. The lowest BCUT2D eigenvalue weighted by Crippen LogP contribution is -2.26. The van der Waals surface area contributed by atoms with Crippen LogP contribution in [0, 0.1) is 0 Å². The van der Waals surface area contributed by atoms with Crippen molar-refractivity contribution < 1.29 is 19.4 Å². The molecule has 0 heterocycles. The van der Waals surface area contributed by atoms with Crippen molar-refractivity contribution in [1.29, 1.82) is 0 Å². The van der Waals surface area contributed by atoms with E-state index < -0.39 is 6.09 Å². The molecule has 0 radical (unpaired) electrons. The Kier molecular flexibility index (Phi) is 5.74. The number of ether oxygens (including phenoxy) is 1. The lowest BCUT2D eigenvalue weighted by atomic mass is 10.0. The van der Waals surface area contributed by atoms with Gasteiger partial charge in [0.05, 0.1) is 12.2 Å². The van der Waals surface area contributed by atoms with Gasteiger partial charge in [0.1, 0.15) is 5.75 Å². The van der Waals surface area contributed by atoms with Gasteiger partial charge >= 0.3 is 6.09 Å². The number of ketones is 1. The van der Waals surface area contributed by atoms with E-state index in [1.807, 2.05) is 12.1 Å². The number of phenolic OH excluding ortho intramolecular Hbond substituents is 1. The van der Waals surface area contributed by atoms with Gasteiger partial charge in [-0.1, -0.05) is 36.4 Å². The Balaban J connectivity index is 1.96. The van der Waals surface area contributed by atoms with Crippen LogP contribution in [0.4, 0.5) is 4.79 Å².